The van der Waals surface area contributed by atoms with E-state index in [4.69, 9.17) is 10.5 Å². The van der Waals surface area contributed by atoms with E-state index < -0.39 is 0 Å². The fourth-order valence-corrected chi connectivity index (χ4v) is 1.87. The largest absolute Gasteiger partial charge is 0.492 e. The molecule has 1 rings (SSSR count). The van der Waals surface area contributed by atoms with Crippen molar-refractivity contribution in [3.05, 3.63) is 28.2 Å². The third-order valence-electron chi connectivity index (χ3n) is 2.32. The number of nitrogens with one attached hydrogen (secondary N) is 1. The molecule has 1 aromatic rings. The molecule has 94 valence electrons. The quantitative estimate of drug-likeness (QED) is 0.788. The summed E-state index contributed by atoms with van der Waals surface area (Å²) in [6.07, 6.45) is 1.18. The zero-order valence-corrected chi connectivity index (χ0v) is 11.4. The van der Waals surface area contributed by atoms with Crippen molar-refractivity contribution in [1.29, 1.82) is 0 Å². The smallest absolute Gasteiger partial charge is 0.219 e. The number of nitrogens with two attached hydrogens (primary N) is 1. The van der Waals surface area contributed by atoms with Crippen molar-refractivity contribution in [3.8, 4) is 5.75 Å². The molecule has 0 unspecified atom stereocenters. The fourth-order valence-electron chi connectivity index (χ4n) is 1.33. The van der Waals surface area contributed by atoms with Crippen LogP contribution in [0.2, 0.25) is 0 Å². The summed E-state index contributed by atoms with van der Waals surface area (Å²) in [6, 6.07) is 5.75. The van der Waals surface area contributed by atoms with Crippen LogP contribution in [0.15, 0.2) is 22.7 Å². The zero-order valence-electron chi connectivity index (χ0n) is 9.83. The van der Waals surface area contributed by atoms with Gasteiger partial charge in [-0.25, -0.2) is 0 Å². The van der Waals surface area contributed by atoms with Gasteiger partial charge < -0.3 is 15.8 Å². The van der Waals surface area contributed by atoms with Crippen molar-refractivity contribution < 1.29 is 9.53 Å². The Balaban J connectivity index is 2.39. The zero-order chi connectivity index (χ0) is 12.7. The van der Waals surface area contributed by atoms with Gasteiger partial charge in [0.1, 0.15) is 5.75 Å². The maximum absolute atomic E-state index is 11.0. The lowest BCUT2D eigenvalue weighted by Crippen LogP contribution is -2.18. The monoisotopic (exact) mass is 300 g/mol. The van der Waals surface area contributed by atoms with Crippen molar-refractivity contribution in [3.63, 3.8) is 0 Å². The minimum atomic E-state index is 0.0335. The van der Waals surface area contributed by atoms with E-state index in [1.807, 2.05) is 18.2 Å². The van der Waals surface area contributed by atoms with Crippen molar-refractivity contribution in [1.82, 2.24) is 5.32 Å². The second-order valence-corrected chi connectivity index (χ2v) is 4.45. The topological polar surface area (TPSA) is 64.3 Å². The lowest BCUT2D eigenvalue weighted by Gasteiger charge is -2.09. The fraction of sp³-hybridized carbons (Fsp3) is 0.417. The number of rotatable bonds is 6. The van der Waals surface area contributed by atoms with E-state index in [0.29, 0.717) is 26.0 Å². The maximum atomic E-state index is 11.0. The van der Waals surface area contributed by atoms with Crippen LogP contribution in [-0.2, 0) is 11.3 Å². The molecule has 0 bridgehead atoms. The Bertz CT molecular complexity index is 383. The summed E-state index contributed by atoms with van der Waals surface area (Å²) in [4.78, 5) is 11.0. The van der Waals surface area contributed by atoms with Crippen LogP contribution >= 0.6 is 15.9 Å². The third-order valence-corrected chi connectivity index (χ3v) is 2.94. The van der Waals surface area contributed by atoms with Crippen molar-refractivity contribution in [2.24, 2.45) is 5.73 Å². The highest BCUT2D eigenvalue weighted by atomic mass is 79.9. The van der Waals surface area contributed by atoms with Gasteiger partial charge in [-0.05, 0) is 40.0 Å². The van der Waals surface area contributed by atoms with Gasteiger partial charge >= 0.3 is 0 Å². The number of amides is 1. The number of carbonyl (C=O) groups excluding carboxylic acids is 1. The number of hydrogen-bond acceptors (Lipinski definition) is 3. The van der Waals surface area contributed by atoms with E-state index in [2.05, 4.69) is 21.2 Å². The van der Waals surface area contributed by atoms with Crippen LogP contribution in [0.4, 0.5) is 0 Å². The van der Waals surface area contributed by atoms with Gasteiger partial charge in [0.25, 0.3) is 0 Å². The summed E-state index contributed by atoms with van der Waals surface area (Å²) >= 11 is 3.42. The van der Waals surface area contributed by atoms with E-state index in [-0.39, 0.29) is 5.91 Å². The number of carbonyl (C=O) groups is 1. The Morgan fingerprint density at radius 2 is 2.29 bits per heavy atom. The first kappa shape index (κ1) is 14.0. The van der Waals surface area contributed by atoms with Crippen LogP contribution in [0.3, 0.4) is 0 Å². The third kappa shape index (κ3) is 4.75. The predicted molar refractivity (Wildman–Crippen MR) is 70.8 cm³/mol. The lowest BCUT2D eigenvalue weighted by atomic mass is 10.2. The molecular formula is C12H17BrN2O2. The minimum absolute atomic E-state index is 0.0335. The molecule has 0 fully saturated rings. The van der Waals surface area contributed by atoms with Gasteiger partial charge in [0, 0.05) is 20.0 Å². The van der Waals surface area contributed by atoms with E-state index >= 15 is 0 Å². The summed E-state index contributed by atoms with van der Waals surface area (Å²) in [5.41, 5.74) is 6.58. The highest BCUT2D eigenvalue weighted by Gasteiger charge is 2.03. The Labute approximate surface area is 110 Å². The van der Waals surface area contributed by atoms with Crippen LogP contribution in [0.1, 0.15) is 18.4 Å². The average Bonchev–Trinajstić information content (AvgIpc) is 2.35. The molecule has 0 aliphatic heterocycles. The number of ether oxygens (including phenoxy) is 1. The van der Waals surface area contributed by atoms with Gasteiger partial charge in [-0.15, -0.1) is 0 Å². The normalized spacial score (nSPS) is 10.1. The van der Waals surface area contributed by atoms with Gasteiger partial charge in [0.05, 0.1) is 11.1 Å². The molecule has 0 atom stereocenters. The number of halogens is 1. The summed E-state index contributed by atoms with van der Waals surface area (Å²) in [7, 11) is 1.63. The molecule has 3 N–H and O–H groups in total. The maximum Gasteiger partial charge on any atom is 0.219 e. The molecule has 0 heterocycles. The summed E-state index contributed by atoms with van der Waals surface area (Å²) in [5, 5.41) is 2.57. The van der Waals surface area contributed by atoms with E-state index in [1.54, 1.807) is 7.05 Å². The van der Waals surface area contributed by atoms with E-state index in [0.717, 1.165) is 15.8 Å². The molecule has 0 aromatic heterocycles. The van der Waals surface area contributed by atoms with Crippen molar-refractivity contribution in [2.75, 3.05) is 13.7 Å². The molecule has 1 amide bonds. The van der Waals surface area contributed by atoms with Crippen LogP contribution < -0.4 is 15.8 Å². The first-order valence-electron chi connectivity index (χ1n) is 5.49. The molecule has 17 heavy (non-hydrogen) atoms. The Kier molecular flexibility index (Phi) is 6.00. The standard InChI is InChI=1S/C12H17BrN2O2/c1-15-12(16)3-2-6-17-11-5-4-9(8-14)7-10(11)13/h4-5,7H,2-3,6,8,14H2,1H3,(H,15,16). The molecular weight excluding hydrogens is 284 g/mol. The highest BCUT2D eigenvalue weighted by molar-refractivity contribution is 9.10. The lowest BCUT2D eigenvalue weighted by molar-refractivity contribution is -0.120. The second-order valence-electron chi connectivity index (χ2n) is 3.59. The Hall–Kier alpha value is -1.07. The molecule has 1 aromatic carbocycles. The summed E-state index contributed by atoms with van der Waals surface area (Å²) in [6.45, 7) is 1.03. The van der Waals surface area contributed by atoms with Gasteiger partial charge in [0.15, 0.2) is 0 Å². The van der Waals surface area contributed by atoms with Crippen molar-refractivity contribution in [2.45, 2.75) is 19.4 Å². The molecule has 5 heteroatoms. The molecule has 0 spiro atoms. The summed E-state index contributed by atoms with van der Waals surface area (Å²) < 4.78 is 6.45. The SMILES string of the molecule is CNC(=O)CCCOc1ccc(CN)cc1Br. The van der Waals surface area contributed by atoms with Crippen LogP contribution in [0, 0.1) is 0 Å². The van der Waals surface area contributed by atoms with Gasteiger partial charge in [0.2, 0.25) is 5.91 Å². The number of benzene rings is 1. The van der Waals surface area contributed by atoms with Gasteiger partial charge in [-0.2, -0.15) is 0 Å². The summed E-state index contributed by atoms with van der Waals surface area (Å²) in [5.74, 6) is 0.810. The Morgan fingerprint density at radius 3 is 2.88 bits per heavy atom. The predicted octanol–water partition coefficient (Wildman–Crippen LogP) is 1.81. The second kappa shape index (κ2) is 7.29. The van der Waals surface area contributed by atoms with Crippen LogP contribution in [-0.4, -0.2) is 19.6 Å². The average molecular weight is 301 g/mol. The van der Waals surface area contributed by atoms with Crippen molar-refractivity contribution >= 4 is 21.8 Å². The molecule has 4 nitrogen and oxygen atoms in total. The molecule has 0 aliphatic rings. The molecule has 0 saturated heterocycles. The molecule has 0 saturated carbocycles. The highest BCUT2D eigenvalue weighted by Crippen LogP contribution is 2.26. The van der Waals surface area contributed by atoms with Crippen LogP contribution in [0.25, 0.3) is 0 Å². The van der Waals surface area contributed by atoms with Crippen LogP contribution in [0.5, 0.6) is 5.75 Å². The first-order chi connectivity index (χ1) is 8.17. The van der Waals surface area contributed by atoms with Gasteiger partial charge in [-0.3, -0.25) is 4.79 Å². The molecule has 0 radical (unpaired) electrons. The van der Waals surface area contributed by atoms with Gasteiger partial charge in [-0.1, -0.05) is 6.07 Å². The molecule has 0 aliphatic carbocycles. The van der Waals surface area contributed by atoms with E-state index in [9.17, 15) is 4.79 Å². The minimum Gasteiger partial charge on any atom is -0.492 e. The Morgan fingerprint density at radius 1 is 1.53 bits per heavy atom. The van der Waals surface area contributed by atoms with E-state index in [1.165, 1.54) is 0 Å². The number of hydrogen-bond donors (Lipinski definition) is 2. The first-order valence-corrected chi connectivity index (χ1v) is 6.28.